The van der Waals surface area contributed by atoms with E-state index in [9.17, 15) is 9.59 Å². The average molecular weight is 455 g/mol. The maximum absolute atomic E-state index is 13.6. The standard InChI is InChI=1S/C28H26N2O2S/c1-20-16-18-29(19-17-20)22-12-14-23(15-13-22)30-27(31)25(21-8-4-2-5-9-21)26(28(30)32)33-24-10-6-3-7-11-24/h2-15,20H,16-19H2,1H3. The van der Waals surface area contributed by atoms with Crippen molar-refractivity contribution in [2.45, 2.75) is 24.7 Å². The van der Waals surface area contributed by atoms with Crippen LogP contribution < -0.4 is 9.80 Å². The van der Waals surface area contributed by atoms with Gasteiger partial charge in [-0.3, -0.25) is 9.59 Å². The van der Waals surface area contributed by atoms with Crippen LogP contribution in [0.3, 0.4) is 0 Å². The van der Waals surface area contributed by atoms with Gasteiger partial charge in [0.1, 0.15) is 0 Å². The van der Waals surface area contributed by atoms with Crippen LogP contribution in [0.4, 0.5) is 11.4 Å². The third-order valence-electron chi connectivity index (χ3n) is 6.32. The van der Waals surface area contributed by atoms with Crippen LogP contribution in [-0.2, 0) is 9.59 Å². The molecule has 2 aliphatic heterocycles. The molecule has 4 nitrogen and oxygen atoms in total. The molecule has 0 radical (unpaired) electrons. The predicted molar refractivity (Wildman–Crippen MR) is 135 cm³/mol. The van der Waals surface area contributed by atoms with Crippen molar-refractivity contribution in [1.29, 1.82) is 0 Å². The van der Waals surface area contributed by atoms with Crippen molar-refractivity contribution in [3.63, 3.8) is 0 Å². The molecule has 0 aromatic heterocycles. The SMILES string of the molecule is CC1CCN(c2ccc(N3C(=O)C(Sc4ccccc4)=C(c4ccccc4)C3=O)cc2)CC1. The number of anilines is 2. The average Bonchev–Trinajstić information content (AvgIpc) is 3.10. The molecule has 0 aliphatic carbocycles. The first-order valence-corrected chi connectivity index (χ1v) is 12.2. The van der Waals surface area contributed by atoms with Gasteiger partial charge in [-0.05, 0) is 60.7 Å². The fourth-order valence-electron chi connectivity index (χ4n) is 4.38. The van der Waals surface area contributed by atoms with E-state index in [0.29, 0.717) is 16.2 Å². The Hall–Kier alpha value is -3.31. The summed E-state index contributed by atoms with van der Waals surface area (Å²) in [5.41, 5.74) is 2.97. The number of thioether (sulfide) groups is 1. The molecule has 0 unspecified atom stereocenters. The number of hydrogen-bond acceptors (Lipinski definition) is 4. The highest BCUT2D eigenvalue weighted by Gasteiger charge is 2.40. The molecule has 0 saturated carbocycles. The zero-order valence-corrected chi connectivity index (χ0v) is 19.4. The van der Waals surface area contributed by atoms with Crippen molar-refractivity contribution in [2.75, 3.05) is 22.9 Å². The summed E-state index contributed by atoms with van der Waals surface area (Å²) in [5, 5.41) is 0. The molecular weight excluding hydrogens is 428 g/mol. The second kappa shape index (κ2) is 9.28. The number of piperidine rings is 1. The Bertz CT molecular complexity index is 1180. The van der Waals surface area contributed by atoms with E-state index in [1.54, 1.807) is 0 Å². The minimum atomic E-state index is -0.274. The summed E-state index contributed by atoms with van der Waals surface area (Å²) in [6.45, 7) is 4.38. The Kier molecular flexibility index (Phi) is 6.05. The van der Waals surface area contributed by atoms with Gasteiger partial charge in [-0.25, -0.2) is 4.90 Å². The summed E-state index contributed by atoms with van der Waals surface area (Å²) in [6.07, 6.45) is 2.38. The second-order valence-corrected chi connectivity index (χ2v) is 9.70. The lowest BCUT2D eigenvalue weighted by Gasteiger charge is -2.32. The molecule has 166 valence electrons. The molecule has 33 heavy (non-hydrogen) atoms. The molecule has 1 saturated heterocycles. The molecule has 0 bridgehead atoms. The zero-order valence-electron chi connectivity index (χ0n) is 18.6. The van der Waals surface area contributed by atoms with Gasteiger partial charge >= 0.3 is 0 Å². The number of hydrogen-bond donors (Lipinski definition) is 0. The van der Waals surface area contributed by atoms with Crippen molar-refractivity contribution in [1.82, 2.24) is 0 Å². The van der Waals surface area contributed by atoms with Crippen molar-refractivity contribution >= 4 is 40.5 Å². The van der Waals surface area contributed by atoms with Gasteiger partial charge in [0.05, 0.1) is 16.2 Å². The first-order valence-electron chi connectivity index (χ1n) is 11.4. The van der Waals surface area contributed by atoms with E-state index < -0.39 is 0 Å². The fourth-order valence-corrected chi connectivity index (χ4v) is 5.40. The van der Waals surface area contributed by atoms with Crippen LogP contribution in [0.2, 0.25) is 0 Å². The van der Waals surface area contributed by atoms with E-state index in [1.165, 1.54) is 29.5 Å². The van der Waals surface area contributed by atoms with E-state index >= 15 is 0 Å². The van der Waals surface area contributed by atoms with Gasteiger partial charge in [-0.15, -0.1) is 0 Å². The second-order valence-electron chi connectivity index (χ2n) is 8.62. The number of nitrogens with zero attached hydrogens (tertiary/aromatic N) is 2. The molecule has 1 fully saturated rings. The Morgan fingerprint density at radius 2 is 1.30 bits per heavy atom. The minimum absolute atomic E-state index is 0.271. The highest BCUT2D eigenvalue weighted by molar-refractivity contribution is 8.04. The molecule has 0 atom stereocenters. The van der Waals surface area contributed by atoms with E-state index in [0.717, 1.165) is 35.2 Å². The topological polar surface area (TPSA) is 40.6 Å². The summed E-state index contributed by atoms with van der Waals surface area (Å²) < 4.78 is 0. The molecule has 0 N–H and O–H groups in total. The first-order chi connectivity index (χ1) is 16.1. The predicted octanol–water partition coefficient (Wildman–Crippen LogP) is 6.00. The van der Waals surface area contributed by atoms with E-state index in [4.69, 9.17) is 0 Å². The molecule has 0 spiro atoms. The van der Waals surface area contributed by atoms with Crippen molar-refractivity contribution in [3.8, 4) is 0 Å². The fraction of sp³-hybridized carbons (Fsp3) is 0.214. The van der Waals surface area contributed by atoms with Crippen molar-refractivity contribution in [3.05, 3.63) is 95.4 Å². The van der Waals surface area contributed by atoms with Crippen LogP contribution in [0.15, 0.2) is 94.7 Å². The van der Waals surface area contributed by atoms with E-state index in [1.807, 2.05) is 84.9 Å². The summed E-state index contributed by atoms with van der Waals surface area (Å²) in [6, 6.07) is 27.0. The third-order valence-corrected chi connectivity index (χ3v) is 7.41. The number of imide groups is 1. The Labute approximate surface area is 198 Å². The summed E-state index contributed by atoms with van der Waals surface area (Å²) in [5.74, 6) is 0.222. The van der Waals surface area contributed by atoms with Gasteiger partial charge in [0.2, 0.25) is 0 Å². The molecule has 5 rings (SSSR count). The summed E-state index contributed by atoms with van der Waals surface area (Å²) in [7, 11) is 0. The van der Waals surface area contributed by atoms with E-state index in [2.05, 4.69) is 11.8 Å². The van der Waals surface area contributed by atoms with Gasteiger partial charge in [-0.1, -0.05) is 67.2 Å². The highest BCUT2D eigenvalue weighted by atomic mass is 32.2. The molecular formula is C28H26N2O2S. The Morgan fingerprint density at radius 3 is 1.94 bits per heavy atom. The molecule has 5 heteroatoms. The molecule has 2 amide bonds. The highest BCUT2D eigenvalue weighted by Crippen LogP contribution is 2.41. The van der Waals surface area contributed by atoms with Crippen LogP contribution in [-0.4, -0.2) is 24.9 Å². The van der Waals surface area contributed by atoms with Gasteiger partial charge < -0.3 is 4.90 Å². The van der Waals surface area contributed by atoms with Crippen LogP contribution in [0.5, 0.6) is 0 Å². The normalized spacial score (nSPS) is 17.2. The van der Waals surface area contributed by atoms with Gasteiger partial charge in [-0.2, -0.15) is 0 Å². The number of carbonyl (C=O) groups is 2. The molecule has 2 heterocycles. The molecule has 3 aromatic rings. The first kappa shape index (κ1) is 21.5. The molecule has 2 aliphatic rings. The quantitative estimate of drug-likeness (QED) is 0.444. The Balaban J connectivity index is 1.46. The largest absolute Gasteiger partial charge is 0.372 e. The maximum Gasteiger partial charge on any atom is 0.272 e. The summed E-state index contributed by atoms with van der Waals surface area (Å²) >= 11 is 1.35. The minimum Gasteiger partial charge on any atom is -0.372 e. The number of benzene rings is 3. The lowest BCUT2D eigenvalue weighted by Crippen LogP contribution is -2.33. The maximum atomic E-state index is 13.6. The lowest BCUT2D eigenvalue weighted by molar-refractivity contribution is -0.119. The monoisotopic (exact) mass is 454 g/mol. The lowest BCUT2D eigenvalue weighted by atomic mass is 9.99. The number of amides is 2. The zero-order chi connectivity index (χ0) is 22.8. The van der Waals surface area contributed by atoms with Crippen LogP contribution >= 0.6 is 11.8 Å². The van der Waals surface area contributed by atoms with Gasteiger partial charge in [0.15, 0.2) is 0 Å². The van der Waals surface area contributed by atoms with Crippen LogP contribution in [0.1, 0.15) is 25.3 Å². The number of rotatable bonds is 5. The van der Waals surface area contributed by atoms with Crippen LogP contribution in [0, 0.1) is 5.92 Å². The van der Waals surface area contributed by atoms with E-state index in [-0.39, 0.29) is 11.8 Å². The number of carbonyl (C=O) groups excluding carboxylic acids is 2. The Morgan fingerprint density at radius 1 is 0.727 bits per heavy atom. The van der Waals surface area contributed by atoms with Crippen molar-refractivity contribution in [2.24, 2.45) is 5.92 Å². The van der Waals surface area contributed by atoms with Crippen LogP contribution in [0.25, 0.3) is 5.57 Å². The smallest absolute Gasteiger partial charge is 0.272 e. The van der Waals surface area contributed by atoms with Crippen molar-refractivity contribution < 1.29 is 9.59 Å². The molecule has 3 aromatic carbocycles. The van der Waals surface area contributed by atoms with Gasteiger partial charge in [0.25, 0.3) is 11.8 Å². The third kappa shape index (κ3) is 4.33. The summed E-state index contributed by atoms with van der Waals surface area (Å²) in [4.78, 5) is 32.2. The van der Waals surface area contributed by atoms with Gasteiger partial charge in [0, 0.05) is 23.7 Å².